The predicted molar refractivity (Wildman–Crippen MR) is 90.3 cm³/mol. The minimum absolute atomic E-state index is 0.0158. The van der Waals surface area contributed by atoms with Crippen molar-refractivity contribution in [2.45, 2.75) is 31.7 Å². The summed E-state index contributed by atoms with van der Waals surface area (Å²) in [5.74, 6) is -0.0316. The van der Waals surface area contributed by atoms with Gasteiger partial charge in [0.25, 0.3) is 0 Å². The van der Waals surface area contributed by atoms with E-state index in [1.165, 1.54) is 23.4 Å². The van der Waals surface area contributed by atoms with Crippen LogP contribution in [0.15, 0.2) is 30.3 Å². The van der Waals surface area contributed by atoms with Crippen LogP contribution in [0.3, 0.4) is 0 Å². The lowest BCUT2D eigenvalue weighted by atomic mass is 10.0. The number of anilines is 1. The van der Waals surface area contributed by atoms with E-state index in [2.05, 4.69) is 41.1 Å². The Kier molecular flexibility index (Phi) is 4.96. The number of carbonyl (C=O) groups is 2. The molecule has 3 rings (SSSR count). The molecular formula is C18H25N3O2. The molecule has 2 heterocycles. The highest BCUT2D eigenvalue weighted by molar-refractivity contribution is 6.01. The van der Waals surface area contributed by atoms with Gasteiger partial charge in [0.05, 0.1) is 0 Å². The maximum atomic E-state index is 11.7. The van der Waals surface area contributed by atoms with E-state index in [9.17, 15) is 9.59 Å². The minimum Gasteiger partial charge on any atom is -0.370 e. The fraction of sp³-hybridized carbons (Fsp3) is 0.556. The Bertz CT molecular complexity index is 545. The summed E-state index contributed by atoms with van der Waals surface area (Å²) in [6.45, 7) is 3.38. The number of carbonyl (C=O) groups excluding carboxylic acids is 2. The summed E-state index contributed by atoms with van der Waals surface area (Å²) < 4.78 is 0. The van der Waals surface area contributed by atoms with Gasteiger partial charge in [0.2, 0.25) is 11.8 Å². The molecule has 2 fully saturated rings. The van der Waals surface area contributed by atoms with Crippen LogP contribution in [0.4, 0.5) is 5.69 Å². The van der Waals surface area contributed by atoms with Gasteiger partial charge in [0, 0.05) is 50.7 Å². The van der Waals surface area contributed by atoms with Crippen molar-refractivity contribution in [2.75, 3.05) is 38.1 Å². The first-order valence-corrected chi connectivity index (χ1v) is 8.48. The Labute approximate surface area is 137 Å². The van der Waals surface area contributed by atoms with Crippen molar-refractivity contribution in [1.29, 1.82) is 0 Å². The summed E-state index contributed by atoms with van der Waals surface area (Å²) in [5.41, 5.74) is 1.27. The fourth-order valence-electron chi connectivity index (χ4n) is 3.50. The maximum absolute atomic E-state index is 11.7. The van der Waals surface area contributed by atoms with Gasteiger partial charge in [-0.2, -0.15) is 0 Å². The molecule has 0 spiro atoms. The van der Waals surface area contributed by atoms with Crippen molar-refractivity contribution < 1.29 is 9.59 Å². The average Bonchev–Trinajstić information content (AvgIpc) is 2.92. The number of likely N-dealkylation sites (tertiary alicyclic amines) is 1. The SMILES string of the molecule is CN(CCN1C(=O)CCC1=O)[C@@H]1CCCN(c2ccccc2)C1. The third kappa shape index (κ3) is 3.72. The van der Waals surface area contributed by atoms with Crippen LogP contribution < -0.4 is 4.90 Å². The summed E-state index contributed by atoms with van der Waals surface area (Å²) in [6.07, 6.45) is 3.11. The van der Waals surface area contributed by atoms with E-state index in [0.717, 1.165) is 19.6 Å². The van der Waals surface area contributed by atoms with Gasteiger partial charge in [-0.3, -0.25) is 19.4 Å². The highest BCUT2D eigenvalue weighted by atomic mass is 16.2. The largest absolute Gasteiger partial charge is 0.370 e. The number of likely N-dealkylation sites (N-methyl/N-ethyl adjacent to an activating group) is 1. The van der Waals surface area contributed by atoms with E-state index < -0.39 is 0 Å². The Morgan fingerprint density at radius 3 is 2.52 bits per heavy atom. The van der Waals surface area contributed by atoms with Crippen molar-refractivity contribution in [1.82, 2.24) is 9.80 Å². The Morgan fingerprint density at radius 1 is 1.13 bits per heavy atom. The van der Waals surface area contributed by atoms with Crippen LogP contribution in [-0.2, 0) is 9.59 Å². The molecule has 0 aromatic heterocycles. The van der Waals surface area contributed by atoms with Gasteiger partial charge < -0.3 is 4.90 Å². The van der Waals surface area contributed by atoms with E-state index in [1.807, 2.05) is 6.07 Å². The van der Waals surface area contributed by atoms with Gasteiger partial charge >= 0.3 is 0 Å². The highest BCUT2D eigenvalue weighted by Crippen LogP contribution is 2.22. The topological polar surface area (TPSA) is 43.9 Å². The van der Waals surface area contributed by atoms with Gasteiger partial charge in [-0.15, -0.1) is 0 Å². The number of nitrogens with zero attached hydrogens (tertiary/aromatic N) is 3. The van der Waals surface area contributed by atoms with Crippen molar-refractivity contribution in [3.05, 3.63) is 30.3 Å². The molecule has 5 nitrogen and oxygen atoms in total. The molecular weight excluding hydrogens is 290 g/mol. The molecule has 0 N–H and O–H groups in total. The molecule has 1 atom stereocenters. The average molecular weight is 315 g/mol. The summed E-state index contributed by atoms with van der Waals surface area (Å²) in [6, 6.07) is 11.0. The number of rotatable bonds is 5. The predicted octanol–water partition coefficient (Wildman–Crippen LogP) is 1.74. The van der Waals surface area contributed by atoms with Crippen molar-refractivity contribution in [3.8, 4) is 0 Å². The minimum atomic E-state index is -0.0158. The lowest BCUT2D eigenvalue weighted by molar-refractivity contribution is -0.138. The summed E-state index contributed by atoms with van der Waals surface area (Å²) in [7, 11) is 2.10. The second kappa shape index (κ2) is 7.13. The molecule has 124 valence electrons. The number of para-hydroxylation sites is 1. The molecule has 2 aliphatic rings. The van der Waals surface area contributed by atoms with Gasteiger partial charge in [-0.05, 0) is 32.0 Å². The summed E-state index contributed by atoms with van der Waals surface area (Å²) in [5, 5.41) is 0. The van der Waals surface area contributed by atoms with E-state index in [1.54, 1.807) is 0 Å². The summed E-state index contributed by atoms with van der Waals surface area (Å²) in [4.78, 5) is 29.5. The number of amides is 2. The molecule has 0 aliphatic carbocycles. The Hall–Kier alpha value is -1.88. The fourth-order valence-corrected chi connectivity index (χ4v) is 3.50. The number of hydrogen-bond donors (Lipinski definition) is 0. The van der Waals surface area contributed by atoms with E-state index >= 15 is 0 Å². The molecule has 2 aliphatic heterocycles. The van der Waals surface area contributed by atoms with Gasteiger partial charge in [0.15, 0.2) is 0 Å². The van der Waals surface area contributed by atoms with Crippen LogP contribution in [0, 0.1) is 0 Å². The molecule has 1 aromatic carbocycles. The van der Waals surface area contributed by atoms with Crippen LogP contribution in [0.2, 0.25) is 0 Å². The Morgan fingerprint density at radius 2 is 1.83 bits per heavy atom. The molecule has 2 saturated heterocycles. The normalized spacial score (nSPS) is 22.3. The third-order valence-corrected chi connectivity index (χ3v) is 4.97. The van der Waals surface area contributed by atoms with Gasteiger partial charge in [-0.1, -0.05) is 18.2 Å². The second-order valence-corrected chi connectivity index (χ2v) is 6.50. The number of benzene rings is 1. The van der Waals surface area contributed by atoms with Gasteiger partial charge in [-0.25, -0.2) is 0 Å². The van der Waals surface area contributed by atoms with E-state index in [0.29, 0.717) is 25.4 Å². The monoisotopic (exact) mass is 315 g/mol. The van der Waals surface area contributed by atoms with Crippen molar-refractivity contribution >= 4 is 17.5 Å². The molecule has 5 heteroatoms. The lowest BCUT2D eigenvalue weighted by Crippen LogP contribution is -2.48. The molecule has 2 amide bonds. The number of piperidine rings is 1. The van der Waals surface area contributed by atoms with Crippen molar-refractivity contribution in [2.24, 2.45) is 0 Å². The number of hydrogen-bond acceptors (Lipinski definition) is 4. The lowest BCUT2D eigenvalue weighted by Gasteiger charge is -2.39. The maximum Gasteiger partial charge on any atom is 0.229 e. The van der Waals surface area contributed by atoms with Crippen LogP contribution in [0.25, 0.3) is 0 Å². The summed E-state index contributed by atoms with van der Waals surface area (Å²) >= 11 is 0. The Balaban J connectivity index is 1.54. The van der Waals surface area contributed by atoms with Crippen LogP contribution in [-0.4, -0.2) is 60.9 Å². The molecule has 0 bridgehead atoms. The van der Waals surface area contributed by atoms with E-state index in [4.69, 9.17) is 0 Å². The zero-order valence-corrected chi connectivity index (χ0v) is 13.8. The highest BCUT2D eigenvalue weighted by Gasteiger charge is 2.30. The smallest absolute Gasteiger partial charge is 0.229 e. The second-order valence-electron chi connectivity index (χ2n) is 6.50. The zero-order valence-electron chi connectivity index (χ0n) is 13.8. The first kappa shape index (κ1) is 16.0. The molecule has 0 saturated carbocycles. The number of imide groups is 1. The van der Waals surface area contributed by atoms with Crippen molar-refractivity contribution in [3.63, 3.8) is 0 Å². The van der Waals surface area contributed by atoms with Crippen LogP contribution in [0.5, 0.6) is 0 Å². The molecule has 23 heavy (non-hydrogen) atoms. The molecule has 0 unspecified atom stereocenters. The first-order valence-electron chi connectivity index (χ1n) is 8.48. The quantitative estimate of drug-likeness (QED) is 0.776. The first-order chi connectivity index (χ1) is 11.1. The molecule has 0 radical (unpaired) electrons. The van der Waals surface area contributed by atoms with E-state index in [-0.39, 0.29) is 11.8 Å². The molecule has 1 aromatic rings. The zero-order chi connectivity index (χ0) is 16.2. The standard InChI is InChI=1S/C18H25N3O2/c1-19(12-13-21-17(22)9-10-18(21)23)16-8-5-11-20(14-16)15-6-3-2-4-7-15/h2-4,6-7,16H,5,8-14H2,1H3/t16-/m1/s1. The third-order valence-electron chi connectivity index (χ3n) is 4.97. The van der Waals surface area contributed by atoms with Gasteiger partial charge in [0.1, 0.15) is 0 Å². The van der Waals surface area contributed by atoms with Crippen LogP contribution in [0.1, 0.15) is 25.7 Å². The van der Waals surface area contributed by atoms with Crippen LogP contribution >= 0.6 is 0 Å².